The standard InChI is InChI=1S/C7H9N/c1-6-3-4-7(2)8-5-6/h3-5,8H,2H2,1H3. The fourth-order valence-corrected chi connectivity index (χ4v) is 0.535. The highest BCUT2D eigenvalue weighted by molar-refractivity contribution is 5.29. The van der Waals surface area contributed by atoms with Crippen molar-refractivity contribution in [2.75, 3.05) is 0 Å². The Bertz CT molecular complexity index is 160. The van der Waals surface area contributed by atoms with Crippen LogP contribution in [0.4, 0.5) is 0 Å². The molecule has 0 aromatic heterocycles. The third kappa shape index (κ3) is 0.997. The van der Waals surface area contributed by atoms with Gasteiger partial charge in [-0.3, -0.25) is 0 Å². The molecule has 0 aromatic carbocycles. The van der Waals surface area contributed by atoms with Crippen molar-refractivity contribution >= 4 is 0 Å². The van der Waals surface area contributed by atoms with Gasteiger partial charge in [-0.25, -0.2) is 0 Å². The Labute approximate surface area is 49.4 Å². The van der Waals surface area contributed by atoms with Gasteiger partial charge >= 0.3 is 0 Å². The van der Waals surface area contributed by atoms with E-state index in [-0.39, 0.29) is 0 Å². The maximum absolute atomic E-state index is 3.71. The number of rotatable bonds is 0. The lowest BCUT2D eigenvalue weighted by molar-refractivity contribution is 1.08. The molecule has 1 aliphatic rings. The quantitative estimate of drug-likeness (QED) is 0.495. The monoisotopic (exact) mass is 107 g/mol. The number of allylic oxidation sites excluding steroid dienone is 3. The van der Waals surface area contributed by atoms with Crippen LogP contribution in [0.2, 0.25) is 0 Å². The van der Waals surface area contributed by atoms with E-state index in [4.69, 9.17) is 0 Å². The average Bonchev–Trinajstić information content (AvgIpc) is 1.77. The summed E-state index contributed by atoms with van der Waals surface area (Å²) in [5.74, 6) is 0. The van der Waals surface area contributed by atoms with Gasteiger partial charge in [0.15, 0.2) is 0 Å². The molecule has 0 spiro atoms. The predicted molar refractivity (Wildman–Crippen MR) is 35.2 cm³/mol. The second kappa shape index (κ2) is 1.86. The zero-order valence-corrected chi connectivity index (χ0v) is 4.94. The molecule has 1 N–H and O–H groups in total. The van der Waals surface area contributed by atoms with Crippen LogP contribution in [0.25, 0.3) is 0 Å². The number of nitrogens with one attached hydrogen (secondary N) is 1. The van der Waals surface area contributed by atoms with Gasteiger partial charge in [0.25, 0.3) is 0 Å². The average molecular weight is 107 g/mol. The van der Waals surface area contributed by atoms with E-state index in [1.54, 1.807) is 0 Å². The maximum atomic E-state index is 3.71. The van der Waals surface area contributed by atoms with Crippen LogP contribution < -0.4 is 5.32 Å². The normalized spacial score (nSPS) is 17.6. The molecule has 0 aromatic rings. The molecule has 0 fully saturated rings. The topological polar surface area (TPSA) is 12.0 Å². The van der Waals surface area contributed by atoms with Gasteiger partial charge < -0.3 is 5.32 Å². The van der Waals surface area contributed by atoms with E-state index in [0.29, 0.717) is 0 Å². The summed E-state index contributed by atoms with van der Waals surface area (Å²) in [6.45, 7) is 5.74. The second-order valence-electron chi connectivity index (χ2n) is 1.89. The molecule has 0 saturated carbocycles. The maximum Gasteiger partial charge on any atom is 0.0306 e. The third-order valence-corrected chi connectivity index (χ3v) is 1.03. The van der Waals surface area contributed by atoms with Crippen molar-refractivity contribution in [3.8, 4) is 0 Å². The third-order valence-electron chi connectivity index (χ3n) is 1.03. The Morgan fingerprint density at radius 1 is 1.50 bits per heavy atom. The molecule has 42 valence electrons. The molecule has 0 aliphatic carbocycles. The van der Waals surface area contributed by atoms with E-state index < -0.39 is 0 Å². The van der Waals surface area contributed by atoms with Crippen LogP contribution in [-0.2, 0) is 0 Å². The molecule has 0 bridgehead atoms. The van der Waals surface area contributed by atoms with Crippen LogP contribution in [0.15, 0.2) is 36.2 Å². The van der Waals surface area contributed by atoms with E-state index in [1.165, 1.54) is 5.57 Å². The van der Waals surface area contributed by atoms with Gasteiger partial charge in [-0.2, -0.15) is 0 Å². The highest BCUT2D eigenvalue weighted by Crippen LogP contribution is 2.01. The van der Waals surface area contributed by atoms with Crippen molar-refractivity contribution in [2.24, 2.45) is 0 Å². The van der Waals surface area contributed by atoms with Gasteiger partial charge in [0, 0.05) is 11.9 Å². The minimum Gasteiger partial charge on any atom is -0.362 e. The van der Waals surface area contributed by atoms with Crippen molar-refractivity contribution in [3.63, 3.8) is 0 Å². The summed E-state index contributed by atoms with van der Waals surface area (Å²) in [4.78, 5) is 0. The van der Waals surface area contributed by atoms with E-state index in [0.717, 1.165) is 5.70 Å². The molecule has 8 heavy (non-hydrogen) atoms. The lowest BCUT2D eigenvalue weighted by atomic mass is 10.2. The van der Waals surface area contributed by atoms with E-state index in [9.17, 15) is 0 Å². The summed E-state index contributed by atoms with van der Waals surface area (Å²) in [7, 11) is 0. The fourth-order valence-electron chi connectivity index (χ4n) is 0.535. The second-order valence-corrected chi connectivity index (χ2v) is 1.89. The van der Waals surface area contributed by atoms with Gasteiger partial charge in [-0.1, -0.05) is 12.7 Å². The molecule has 1 heterocycles. The van der Waals surface area contributed by atoms with Gasteiger partial charge in [0.1, 0.15) is 0 Å². The van der Waals surface area contributed by atoms with Crippen LogP contribution in [0.5, 0.6) is 0 Å². The van der Waals surface area contributed by atoms with Crippen LogP contribution in [0, 0.1) is 0 Å². The largest absolute Gasteiger partial charge is 0.362 e. The number of hydrogen-bond donors (Lipinski definition) is 1. The fraction of sp³-hybridized carbons (Fsp3) is 0.143. The first-order valence-corrected chi connectivity index (χ1v) is 2.59. The zero-order valence-electron chi connectivity index (χ0n) is 4.94. The van der Waals surface area contributed by atoms with E-state index in [1.807, 2.05) is 25.3 Å². The molecule has 1 aliphatic heterocycles. The van der Waals surface area contributed by atoms with Gasteiger partial charge in [-0.05, 0) is 18.6 Å². The number of dihydropyridines is 1. The molecule has 0 atom stereocenters. The summed E-state index contributed by atoms with van der Waals surface area (Å²) < 4.78 is 0. The zero-order chi connectivity index (χ0) is 5.98. The SMILES string of the molecule is C=C1C=CC(C)=CN1. The highest BCUT2D eigenvalue weighted by Gasteiger charge is 1.89. The van der Waals surface area contributed by atoms with Gasteiger partial charge in [0.05, 0.1) is 0 Å². The smallest absolute Gasteiger partial charge is 0.0306 e. The first-order valence-electron chi connectivity index (χ1n) is 2.59. The lowest BCUT2D eigenvalue weighted by Crippen LogP contribution is -2.04. The van der Waals surface area contributed by atoms with E-state index in [2.05, 4.69) is 11.9 Å². The lowest BCUT2D eigenvalue weighted by Gasteiger charge is -2.04. The molecule has 0 amide bonds. The Morgan fingerprint density at radius 3 is 2.62 bits per heavy atom. The van der Waals surface area contributed by atoms with Crippen molar-refractivity contribution in [1.82, 2.24) is 5.32 Å². The first-order chi connectivity index (χ1) is 3.79. The summed E-state index contributed by atoms with van der Waals surface area (Å²) >= 11 is 0. The molecule has 0 unspecified atom stereocenters. The predicted octanol–water partition coefficient (Wildman–Crippen LogP) is 1.56. The van der Waals surface area contributed by atoms with Crippen molar-refractivity contribution in [1.29, 1.82) is 0 Å². The van der Waals surface area contributed by atoms with Gasteiger partial charge in [-0.15, -0.1) is 0 Å². The van der Waals surface area contributed by atoms with Crippen molar-refractivity contribution < 1.29 is 0 Å². The highest BCUT2D eigenvalue weighted by atomic mass is 14.8. The molecule has 0 saturated heterocycles. The Balaban J connectivity index is 2.71. The van der Waals surface area contributed by atoms with Crippen LogP contribution in [0.1, 0.15) is 6.92 Å². The number of hydrogen-bond acceptors (Lipinski definition) is 1. The van der Waals surface area contributed by atoms with Crippen molar-refractivity contribution in [3.05, 3.63) is 36.2 Å². The van der Waals surface area contributed by atoms with Gasteiger partial charge in [0.2, 0.25) is 0 Å². The Morgan fingerprint density at radius 2 is 2.25 bits per heavy atom. The molecule has 0 radical (unpaired) electrons. The molecule has 1 nitrogen and oxygen atoms in total. The summed E-state index contributed by atoms with van der Waals surface area (Å²) in [5.41, 5.74) is 2.19. The summed E-state index contributed by atoms with van der Waals surface area (Å²) in [6, 6.07) is 0. The molecule has 1 rings (SSSR count). The molecular weight excluding hydrogens is 98.1 g/mol. The Kier molecular flexibility index (Phi) is 1.20. The summed E-state index contributed by atoms with van der Waals surface area (Å²) in [6.07, 6.45) is 5.91. The minimum absolute atomic E-state index is 0.954. The Hall–Kier alpha value is -0.980. The van der Waals surface area contributed by atoms with Crippen molar-refractivity contribution in [2.45, 2.75) is 6.92 Å². The minimum atomic E-state index is 0.954. The summed E-state index contributed by atoms with van der Waals surface area (Å²) in [5, 5.41) is 2.99. The molecule has 1 heteroatoms. The molecular formula is C7H9N. The van der Waals surface area contributed by atoms with E-state index >= 15 is 0 Å². The van der Waals surface area contributed by atoms with Crippen LogP contribution >= 0.6 is 0 Å². The van der Waals surface area contributed by atoms with Crippen LogP contribution in [0.3, 0.4) is 0 Å². The van der Waals surface area contributed by atoms with Crippen LogP contribution in [-0.4, -0.2) is 0 Å². The first kappa shape index (κ1) is 5.16.